The van der Waals surface area contributed by atoms with Gasteiger partial charge in [-0.1, -0.05) is 12.0 Å². The molecule has 1 aliphatic heterocycles. The van der Waals surface area contributed by atoms with Gasteiger partial charge in [-0.25, -0.2) is 9.97 Å². The fourth-order valence-corrected chi connectivity index (χ4v) is 4.11. The maximum Gasteiger partial charge on any atom is 0.241 e. The quantitative estimate of drug-likeness (QED) is 0.567. The second kappa shape index (κ2) is 9.99. The van der Waals surface area contributed by atoms with Crippen LogP contribution in [-0.2, 0) is 4.79 Å². The molecule has 2 aromatic carbocycles. The summed E-state index contributed by atoms with van der Waals surface area (Å²) >= 11 is 0. The molecule has 33 heavy (non-hydrogen) atoms. The van der Waals surface area contributed by atoms with Crippen molar-refractivity contribution >= 4 is 34.0 Å². The summed E-state index contributed by atoms with van der Waals surface area (Å²) in [6, 6.07) is 13.6. The van der Waals surface area contributed by atoms with Crippen LogP contribution in [0, 0.1) is 12.3 Å². The lowest BCUT2D eigenvalue weighted by Crippen LogP contribution is -2.54. The second-order valence-electron chi connectivity index (χ2n) is 8.64. The molecule has 1 atom stereocenters. The Morgan fingerprint density at radius 1 is 1.00 bits per heavy atom. The van der Waals surface area contributed by atoms with Crippen LogP contribution in [0.15, 0.2) is 48.8 Å². The first-order chi connectivity index (χ1) is 15.9. The number of benzene rings is 2. The third kappa shape index (κ3) is 5.30. The second-order valence-corrected chi connectivity index (χ2v) is 8.64. The van der Waals surface area contributed by atoms with E-state index >= 15 is 0 Å². The Labute approximate surface area is 195 Å². The molecule has 0 bridgehead atoms. The molecule has 1 aromatic heterocycles. The van der Waals surface area contributed by atoms with E-state index in [0.29, 0.717) is 11.9 Å². The highest BCUT2D eigenvalue weighted by Crippen LogP contribution is 2.26. The van der Waals surface area contributed by atoms with E-state index in [4.69, 9.17) is 6.42 Å². The number of nitrogens with zero attached hydrogens (tertiary/aromatic N) is 4. The van der Waals surface area contributed by atoms with Crippen molar-refractivity contribution in [2.75, 3.05) is 36.8 Å². The van der Waals surface area contributed by atoms with Crippen LogP contribution >= 0.6 is 0 Å². The Balaban J connectivity index is 1.49. The summed E-state index contributed by atoms with van der Waals surface area (Å²) in [5.41, 5.74) is 3.13. The van der Waals surface area contributed by atoms with Crippen LogP contribution in [0.25, 0.3) is 10.9 Å². The topological polar surface area (TPSA) is 73.4 Å². The fraction of sp³-hybridized carbons (Fsp3) is 0.346. The van der Waals surface area contributed by atoms with Crippen LogP contribution in [0.5, 0.6) is 0 Å². The molecule has 1 fully saturated rings. The number of fused-ring (bicyclic) bond motifs is 1. The molecule has 1 aliphatic rings. The van der Waals surface area contributed by atoms with Crippen LogP contribution in [0.1, 0.15) is 26.3 Å². The normalized spacial score (nSPS) is 15.8. The molecule has 4 rings (SSSR count). The summed E-state index contributed by atoms with van der Waals surface area (Å²) < 4.78 is 0. The number of nitrogens with one attached hydrogen (secondary N) is 2. The zero-order valence-corrected chi connectivity index (χ0v) is 19.4. The minimum absolute atomic E-state index is 0.0135. The van der Waals surface area contributed by atoms with Crippen molar-refractivity contribution in [3.05, 3.63) is 54.4 Å². The van der Waals surface area contributed by atoms with E-state index in [2.05, 4.69) is 50.2 Å². The van der Waals surface area contributed by atoms with Crippen LogP contribution in [0.2, 0.25) is 0 Å². The van der Waals surface area contributed by atoms with E-state index in [1.165, 1.54) is 6.33 Å². The van der Waals surface area contributed by atoms with Crippen molar-refractivity contribution in [3.63, 3.8) is 0 Å². The highest BCUT2D eigenvalue weighted by Gasteiger charge is 2.26. The third-order valence-electron chi connectivity index (χ3n) is 6.20. The van der Waals surface area contributed by atoms with Gasteiger partial charge in [0.05, 0.1) is 11.6 Å². The fourth-order valence-electron chi connectivity index (χ4n) is 4.11. The molecule has 1 unspecified atom stereocenters. The molecule has 170 valence electrons. The van der Waals surface area contributed by atoms with E-state index in [1.807, 2.05) is 49.4 Å². The van der Waals surface area contributed by atoms with E-state index < -0.39 is 0 Å². The van der Waals surface area contributed by atoms with Crippen LogP contribution in [0.3, 0.4) is 0 Å². The van der Waals surface area contributed by atoms with Gasteiger partial charge in [0.25, 0.3) is 0 Å². The Hall–Kier alpha value is -3.47. The molecular formula is C26H30N6O. The Bertz CT molecular complexity index is 1180. The van der Waals surface area contributed by atoms with Crippen LogP contribution in [-0.4, -0.2) is 63.9 Å². The highest BCUT2D eigenvalue weighted by molar-refractivity contribution is 5.99. The van der Waals surface area contributed by atoms with Crippen LogP contribution < -0.4 is 10.6 Å². The summed E-state index contributed by atoms with van der Waals surface area (Å²) in [6.07, 6.45) is 7.04. The number of piperazine rings is 1. The summed E-state index contributed by atoms with van der Waals surface area (Å²) in [6.45, 7) is 10.1. The Kier molecular flexibility index (Phi) is 6.87. The molecule has 0 radical (unpaired) electrons. The van der Waals surface area contributed by atoms with E-state index in [0.717, 1.165) is 54.0 Å². The van der Waals surface area contributed by atoms with Gasteiger partial charge in [-0.15, -0.1) is 6.42 Å². The molecular weight excluding hydrogens is 412 g/mol. The summed E-state index contributed by atoms with van der Waals surface area (Å²) in [5.74, 6) is 3.28. The molecule has 2 N–H and O–H groups in total. The standard InChI is InChI=1S/C26H30N6O/c1-5-20-7-6-8-21(15-20)29-25-23-16-22(9-10-24(23)27-17-28-25)30-26(33)19(4)32-13-11-31(12-14-32)18(2)3/h1,6-10,15-19H,11-14H2,2-4H3,(H,30,33)(H,27,28,29). The van der Waals surface area contributed by atoms with Crippen molar-refractivity contribution in [1.29, 1.82) is 0 Å². The Morgan fingerprint density at radius 2 is 1.76 bits per heavy atom. The van der Waals surface area contributed by atoms with Crippen molar-refractivity contribution in [1.82, 2.24) is 19.8 Å². The number of terminal acetylenes is 1. The first-order valence-corrected chi connectivity index (χ1v) is 11.3. The predicted molar refractivity (Wildman–Crippen MR) is 134 cm³/mol. The first-order valence-electron chi connectivity index (χ1n) is 11.3. The number of hydrogen-bond donors (Lipinski definition) is 2. The molecule has 0 spiro atoms. The molecule has 1 amide bonds. The van der Waals surface area contributed by atoms with Gasteiger partial charge in [0.2, 0.25) is 5.91 Å². The maximum absolute atomic E-state index is 13.0. The monoisotopic (exact) mass is 442 g/mol. The van der Waals surface area contributed by atoms with Gasteiger partial charge < -0.3 is 10.6 Å². The SMILES string of the molecule is C#Cc1cccc(Nc2ncnc3ccc(NC(=O)C(C)N4CCN(C(C)C)CC4)cc23)c1. The van der Waals surface area contributed by atoms with Gasteiger partial charge >= 0.3 is 0 Å². The number of anilines is 3. The lowest BCUT2D eigenvalue weighted by Gasteiger charge is -2.39. The van der Waals surface area contributed by atoms with E-state index in [-0.39, 0.29) is 11.9 Å². The molecule has 1 saturated heterocycles. The number of rotatable bonds is 6. The number of amides is 1. The van der Waals surface area contributed by atoms with Gasteiger partial charge in [-0.3, -0.25) is 14.6 Å². The average Bonchev–Trinajstić information content (AvgIpc) is 2.84. The molecule has 0 aliphatic carbocycles. The van der Waals surface area contributed by atoms with Gasteiger partial charge in [0.15, 0.2) is 0 Å². The zero-order valence-electron chi connectivity index (χ0n) is 19.4. The third-order valence-corrected chi connectivity index (χ3v) is 6.20. The van der Waals surface area contributed by atoms with E-state index in [9.17, 15) is 4.79 Å². The van der Waals surface area contributed by atoms with Gasteiger partial charge in [0, 0.05) is 54.5 Å². The smallest absolute Gasteiger partial charge is 0.241 e. The number of aromatic nitrogens is 2. The van der Waals surface area contributed by atoms with E-state index in [1.54, 1.807) is 0 Å². The lowest BCUT2D eigenvalue weighted by atomic mass is 10.1. The molecule has 0 saturated carbocycles. The van der Waals surface area contributed by atoms with Crippen molar-refractivity contribution < 1.29 is 4.79 Å². The first kappa shape index (κ1) is 22.7. The molecule has 2 heterocycles. The van der Waals surface area contributed by atoms with Crippen LogP contribution in [0.4, 0.5) is 17.2 Å². The highest BCUT2D eigenvalue weighted by atomic mass is 16.2. The minimum Gasteiger partial charge on any atom is -0.340 e. The molecule has 3 aromatic rings. The van der Waals surface area contributed by atoms with Crippen molar-refractivity contribution in [3.8, 4) is 12.3 Å². The lowest BCUT2D eigenvalue weighted by molar-refractivity contribution is -0.121. The van der Waals surface area contributed by atoms with Crippen molar-refractivity contribution in [2.45, 2.75) is 32.9 Å². The van der Waals surface area contributed by atoms with Gasteiger partial charge in [-0.05, 0) is 57.2 Å². The number of hydrogen-bond acceptors (Lipinski definition) is 6. The number of carbonyl (C=O) groups is 1. The molecule has 7 heteroatoms. The average molecular weight is 443 g/mol. The summed E-state index contributed by atoms with van der Waals surface area (Å²) in [5, 5.41) is 7.21. The Morgan fingerprint density at radius 3 is 2.48 bits per heavy atom. The summed E-state index contributed by atoms with van der Waals surface area (Å²) in [4.78, 5) is 26.4. The summed E-state index contributed by atoms with van der Waals surface area (Å²) in [7, 11) is 0. The van der Waals surface area contributed by atoms with Gasteiger partial charge in [0.1, 0.15) is 12.1 Å². The number of carbonyl (C=O) groups excluding carboxylic acids is 1. The van der Waals surface area contributed by atoms with Crippen molar-refractivity contribution in [2.24, 2.45) is 0 Å². The van der Waals surface area contributed by atoms with Gasteiger partial charge in [-0.2, -0.15) is 0 Å². The largest absolute Gasteiger partial charge is 0.340 e. The molecule has 7 nitrogen and oxygen atoms in total. The zero-order chi connectivity index (χ0) is 23.4. The predicted octanol–water partition coefficient (Wildman–Crippen LogP) is 3.71. The minimum atomic E-state index is -0.203. The maximum atomic E-state index is 13.0.